The van der Waals surface area contributed by atoms with Crippen molar-refractivity contribution in [2.45, 2.75) is 59.2 Å². The van der Waals surface area contributed by atoms with Crippen LogP contribution in [0.1, 0.15) is 47.5 Å². The van der Waals surface area contributed by atoms with E-state index in [1.807, 2.05) is 0 Å². The van der Waals surface area contributed by atoms with Crippen molar-refractivity contribution in [3.8, 4) is 0 Å². The molecule has 1 heterocycles. The number of hydrogen-bond acceptors (Lipinski definition) is 3. The summed E-state index contributed by atoms with van der Waals surface area (Å²) < 4.78 is 5.76. The molecule has 108 valence electrons. The monoisotopic (exact) mass is 257 g/mol. The summed E-state index contributed by atoms with van der Waals surface area (Å²) in [6.45, 7) is 14.3. The van der Waals surface area contributed by atoms with Gasteiger partial charge >= 0.3 is 0 Å². The van der Waals surface area contributed by atoms with Crippen LogP contribution in [0.4, 0.5) is 0 Å². The van der Waals surface area contributed by atoms with Crippen molar-refractivity contribution in [3.63, 3.8) is 0 Å². The highest BCUT2D eigenvalue weighted by Crippen LogP contribution is 2.21. The number of β-amino-alcohol motifs (C(OH)–C–C–N with tert-alkyl or cyclic N) is 1. The van der Waals surface area contributed by atoms with E-state index in [9.17, 15) is 5.11 Å². The molecule has 1 N–H and O–H groups in total. The Morgan fingerprint density at radius 2 is 1.83 bits per heavy atom. The molecule has 0 unspecified atom stereocenters. The van der Waals surface area contributed by atoms with E-state index in [1.54, 1.807) is 0 Å². The summed E-state index contributed by atoms with van der Waals surface area (Å²) in [5, 5.41) is 10.1. The Balaban J connectivity index is 2.29. The van der Waals surface area contributed by atoms with Crippen molar-refractivity contribution in [2.24, 2.45) is 11.8 Å². The van der Waals surface area contributed by atoms with Crippen LogP contribution in [0.15, 0.2) is 0 Å². The third-order valence-corrected chi connectivity index (χ3v) is 3.93. The quantitative estimate of drug-likeness (QED) is 0.793. The molecule has 0 saturated carbocycles. The molecule has 1 saturated heterocycles. The predicted molar refractivity (Wildman–Crippen MR) is 75.7 cm³/mol. The van der Waals surface area contributed by atoms with E-state index in [4.69, 9.17) is 4.74 Å². The van der Waals surface area contributed by atoms with Crippen LogP contribution >= 0.6 is 0 Å². The van der Waals surface area contributed by atoms with Crippen molar-refractivity contribution in [1.29, 1.82) is 0 Å². The predicted octanol–water partition coefficient (Wildman–Crippen LogP) is 2.53. The first kappa shape index (κ1) is 15.9. The van der Waals surface area contributed by atoms with E-state index in [2.05, 4.69) is 39.5 Å². The molecule has 0 aromatic rings. The summed E-state index contributed by atoms with van der Waals surface area (Å²) in [6, 6.07) is 0. The van der Waals surface area contributed by atoms with Crippen LogP contribution in [0, 0.1) is 11.8 Å². The molecule has 0 aromatic heterocycles. The lowest BCUT2D eigenvalue weighted by Crippen LogP contribution is -2.44. The van der Waals surface area contributed by atoms with Crippen molar-refractivity contribution >= 4 is 0 Å². The Hall–Kier alpha value is -0.120. The Morgan fingerprint density at radius 3 is 2.33 bits per heavy atom. The molecule has 1 fully saturated rings. The van der Waals surface area contributed by atoms with E-state index in [-0.39, 0.29) is 11.7 Å². The molecule has 3 atom stereocenters. The largest absolute Gasteiger partial charge is 0.389 e. The fourth-order valence-corrected chi connectivity index (χ4v) is 2.72. The van der Waals surface area contributed by atoms with Crippen LogP contribution in [0.2, 0.25) is 0 Å². The first-order valence-corrected chi connectivity index (χ1v) is 7.36. The summed E-state index contributed by atoms with van der Waals surface area (Å²) >= 11 is 0. The number of aliphatic hydroxyl groups excluding tert-OH is 1. The van der Waals surface area contributed by atoms with Crippen molar-refractivity contribution in [2.75, 3.05) is 26.2 Å². The summed E-state index contributed by atoms with van der Waals surface area (Å²) in [5.41, 5.74) is -0.122. The van der Waals surface area contributed by atoms with Crippen LogP contribution in [0.25, 0.3) is 0 Å². The van der Waals surface area contributed by atoms with E-state index in [0.717, 1.165) is 37.9 Å². The molecule has 1 aliphatic rings. The van der Waals surface area contributed by atoms with Crippen molar-refractivity contribution in [3.05, 3.63) is 0 Å². The molecule has 0 aliphatic carbocycles. The molecular weight excluding hydrogens is 226 g/mol. The fraction of sp³-hybridized carbons (Fsp3) is 1.00. The number of piperidine rings is 1. The number of rotatable bonds is 6. The summed E-state index contributed by atoms with van der Waals surface area (Å²) in [5.74, 6) is 1.49. The minimum Gasteiger partial charge on any atom is -0.389 e. The summed E-state index contributed by atoms with van der Waals surface area (Å²) in [4.78, 5) is 2.38. The summed E-state index contributed by atoms with van der Waals surface area (Å²) in [6.07, 6.45) is 1.91. The van der Waals surface area contributed by atoms with Crippen LogP contribution < -0.4 is 0 Å². The Kier molecular flexibility index (Phi) is 6.09. The molecule has 1 rings (SSSR count). The van der Waals surface area contributed by atoms with Gasteiger partial charge in [-0.2, -0.15) is 0 Å². The van der Waals surface area contributed by atoms with Crippen LogP contribution in [0.3, 0.4) is 0 Å². The normalized spacial score (nSPS) is 28.3. The first-order valence-electron chi connectivity index (χ1n) is 7.36. The van der Waals surface area contributed by atoms with Gasteiger partial charge in [-0.25, -0.2) is 0 Å². The number of likely N-dealkylation sites (tertiary alicyclic amines) is 1. The van der Waals surface area contributed by atoms with Crippen LogP contribution in [-0.4, -0.2) is 48.0 Å². The van der Waals surface area contributed by atoms with Crippen LogP contribution in [0.5, 0.6) is 0 Å². The topological polar surface area (TPSA) is 32.7 Å². The van der Waals surface area contributed by atoms with Crippen LogP contribution in [-0.2, 0) is 4.74 Å². The van der Waals surface area contributed by atoms with E-state index < -0.39 is 0 Å². The maximum Gasteiger partial charge on any atom is 0.0900 e. The summed E-state index contributed by atoms with van der Waals surface area (Å²) in [7, 11) is 0. The maximum atomic E-state index is 10.1. The molecule has 3 nitrogen and oxygen atoms in total. The minimum absolute atomic E-state index is 0.122. The number of hydrogen-bond donors (Lipinski definition) is 1. The van der Waals surface area contributed by atoms with Gasteiger partial charge in [-0.05, 0) is 38.5 Å². The highest BCUT2D eigenvalue weighted by molar-refractivity contribution is 4.77. The van der Waals surface area contributed by atoms with E-state index in [1.165, 1.54) is 6.42 Å². The van der Waals surface area contributed by atoms with Crippen molar-refractivity contribution < 1.29 is 9.84 Å². The number of ether oxygens (including phenoxy) is 1. The second-order valence-corrected chi connectivity index (χ2v) is 6.74. The molecule has 0 aromatic carbocycles. The zero-order chi connectivity index (χ0) is 13.8. The molecule has 0 spiro atoms. The lowest BCUT2D eigenvalue weighted by atomic mass is 9.92. The van der Waals surface area contributed by atoms with Gasteiger partial charge in [0.05, 0.1) is 18.3 Å². The van der Waals surface area contributed by atoms with Gasteiger partial charge in [-0.3, -0.25) is 0 Å². The average molecular weight is 257 g/mol. The smallest absolute Gasteiger partial charge is 0.0900 e. The van der Waals surface area contributed by atoms with Gasteiger partial charge in [0, 0.05) is 19.6 Å². The highest BCUT2D eigenvalue weighted by Gasteiger charge is 2.24. The molecule has 1 aliphatic heterocycles. The average Bonchev–Trinajstić information content (AvgIpc) is 2.25. The van der Waals surface area contributed by atoms with Gasteiger partial charge in [0.1, 0.15) is 0 Å². The molecule has 3 heteroatoms. The lowest BCUT2D eigenvalue weighted by molar-refractivity contribution is -0.0701. The molecule has 0 radical (unpaired) electrons. The zero-order valence-corrected chi connectivity index (χ0v) is 12.8. The standard InChI is InChI=1S/C15H31NO2/c1-6-15(4,5)18-11-14(17)10-16-8-12(2)7-13(3)9-16/h12-14,17H,6-11H2,1-5H3/t12-,13+,14-/m1/s1. The Labute approximate surface area is 113 Å². The number of aliphatic hydroxyl groups is 1. The Bertz CT molecular complexity index is 233. The number of nitrogens with zero attached hydrogens (tertiary/aromatic N) is 1. The Morgan fingerprint density at radius 1 is 1.28 bits per heavy atom. The highest BCUT2D eigenvalue weighted by atomic mass is 16.5. The molecular formula is C15H31NO2. The molecule has 0 amide bonds. The molecule has 0 bridgehead atoms. The van der Waals surface area contributed by atoms with Gasteiger partial charge in [0.15, 0.2) is 0 Å². The second-order valence-electron chi connectivity index (χ2n) is 6.74. The lowest BCUT2D eigenvalue weighted by Gasteiger charge is -2.36. The fourth-order valence-electron chi connectivity index (χ4n) is 2.72. The van der Waals surface area contributed by atoms with E-state index in [0.29, 0.717) is 6.61 Å². The first-order chi connectivity index (χ1) is 8.32. The minimum atomic E-state index is -0.367. The molecule has 18 heavy (non-hydrogen) atoms. The SMILES string of the molecule is CCC(C)(C)OC[C@H](O)CN1C[C@H](C)C[C@H](C)C1. The van der Waals surface area contributed by atoms with Gasteiger partial charge < -0.3 is 14.7 Å². The maximum absolute atomic E-state index is 10.1. The van der Waals surface area contributed by atoms with Gasteiger partial charge in [-0.15, -0.1) is 0 Å². The second kappa shape index (κ2) is 6.88. The van der Waals surface area contributed by atoms with Gasteiger partial charge in [0.2, 0.25) is 0 Å². The van der Waals surface area contributed by atoms with Gasteiger partial charge in [-0.1, -0.05) is 20.8 Å². The van der Waals surface area contributed by atoms with Gasteiger partial charge in [0.25, 0.3) is 0 Å². The van der Waals surface area contributed by atoms with Crippen molar-refractivity contribution in [1.82, 2.24) is 4.90 Å². The third kappa shape index (κ3) is 5.68. The third-order valence-electron chi connectivity index (χ3n) is 3.93. The zero-order valence-electron chi connectivity index (χ0n) is 12.8. The van der Waals surface area contributed by atoms with E-state index >= 15 is 0 Å².